The van der Waals surface area contributed by atoms with E-state index in [0.29, 0.717) is 18.6 Å². The topological polar surface area (TPSA) is 29.5 Å². The molecule has 0 radical (unpaired) electrons. The first-order valence-corrected chi connectivity index (χ1v) is 11.0. The number of anilines is 1. The molecule has 0 aromatic heterocycles. The highest BCUT2D eigenvalue weighted by Gasteiger charge is 2.40. The van der Waals surface area contributed by atoms with Crippen molar-refractivity contribution in [2.75, 3.05) is 11.5 Å². The molecule has 36 heavy (non-hydrogen) atoms. The van der Waals surface area contributed by atoms with E-state index in [1.165, 1.54) is 4.90 Å². The number of nitrogens with zero attached hydrogens (tertiary/aromatic N) is 1. The molecule has 0 fully saturated rings. The van der Waals surface area contributed by atoms with Crippen molar-refractivity contribution in [2.45, 2.75) is 63.6 Å². The lowest BCUT2D eigenvalue weighted by Gasteiger charge is -2.40. The van der Waals surface area contributed by atoms with Gasteiger partial charge >= 0.3 is 24.6 Å². The van der Waals surface area contributed by atoms with Gasteiger partial charge in [-0.15, -0.1) is 0 Å². The average Bonchev–Trinajstić information content (AvgIpc) is 2.76. The summed E-state index contributed by atoms with van der Waals surface area (Å²) in [6, 6.07) is 3.19. The summed E-state index contributed by atoms with van der Waals surface area (Å²) in [5.41, 5.74) is -4.32. The van der Waals surface area contributed by atoms with Crippen LogP contribution in [0.5, 0.6) is 0 Å². The van der Waals surface area contributed by atoms with E-state index in [9.17, 15) is 44.3 Å². The summed E-state index contributed by atoms with van der Waals surface area (Å²) in [5, 5.41) is 0. The molecule has 1 amide bonds. The first-order valence-electron chi connectivity index (χ1n) is 11.0. The number of halogens is 9. The fourth-order valence-corrected chi connectivity index (χ4v) is 4.44. The number of hydrogen-bond acceptors (Lipinski definition) is 2. The first kappa shape index (κ1) is 27.7. The summed E-state index contributed by atoms with van der Waals surface area (Å²) in [5.74, 6) is -0.887. The highest BCUT2D eigenvalue weighted by molar-refractivity contribution is 5.90. The average molecular weight is 527 g/mol. The third kappa shape index (κ3) is 5.89. The smallest absolute Gasteiger partial charge is 0.416 e. The Hall–Kier alpha value is -2.92. The second kappa shape index (κ2) is 9.85. The highest BCUT2D eigenvalue weighted by atomic mass is 19.4. The molecule has 0 spiro atoms. The summed E-state index contributed by atoms with van der Waals surface area (Å²) < 4.78 is 125. The molecule has 3 rings (SSSR count). The molecule has 1 aliphatic rings. The maximum absolute atomic E-state index is 13.4. The molecule has 2 aromatic rings. The molecule has 0 bridgehead atoms. The van der Waals surface area contributed by atoms with E-state index in [1.54, 1.807) is 13.8 Å². The zero-order chi connectivity index (χ0) is 27.1. The van der Waals surface area contributed by atoms with E-state index in [4.69, 9.17) is 4.74 Å². The van der Waals surface area contributed by atoms with Crippen molar-refractivity contribution >= 4 is 11.8 Å². The van der Waals surface area contributed by atoms with E-state index in [-0.39, 0.29) is 35.9 Å². The molecule has 12 heteroatoms. The number of ether oxygens (including phenoxy) is 1. The molecule has 0 aliphatic carbocycles. The number of rotatable bonds is 4. The van der Waals surface area contributed by atoms with Crippen LogP contribution >= 0.6 is 0 Å². The van der Waals surface area contributed by atoms with Crippen LogP contribution < -0.4 is 4.90 Å². The van der Waals surface area contributed by atoms with E-state index < -0.39 is 59.7 Å². The Morgan fingerprint density at radius 2 is 1.42 bits per heavy atom. The van der Waals surface area contributed by atoms with E-state index in [2.05, 4.69) is 0 Å². The van der Waals surface area contributed by atoms with Gasteiger partial charge in [0.1, 0.15) is 0 Å². The number of hydrogen-bond donors (Lipinski definition) is 0. The van der Waals surface area contributed by atoms with E-state index in [0.717, 1.165) is 18.2 Å². The largest absolute Gasteiger partial charge is 0.449 e. The van der Waals surface area contributed by atoms with Crippen LogP contribution in [0.25, 0.3) is 0 Å². The Morgan fingerprint density at radius 3 is 1.89 bits per heavy atom. The number of fused-ring (bicyclic) bond motifs is 1. The number of amides is 1. The van der Waals surface area contributed by atoms with Crippen molar-refractivity contribution in [1.29, 1.82) is 0 Å². The predicted molar refractivity (Wildman–Crippen MR) is 113 cm³/mol. The molecule has 1 heterocycles. The van der Waals surface area contributed by atoms with Gasteiger partial charge in [0, 0.05) is 6.04 Å². The minimum Gasteiger partial charge on any atom is -0.449 e. The molecule has 2 atom stereocenters. The van der Waals surface area contributed by atoms with Crippen molar-refractivity contribution in [1.82, 2.24) is 0 Å². The maximum Gasteiger partial charge on any atom is 0.416 e. The lowest BCUT2D eigenvalue weighted by molar-refractivity contribution is -0.143. The Labute approximate surface area is 200 Å². The van der Waals surface area contributed by atoms with Crippen molar-refractivity contribution in [3.05, 3.63) is 64.2 Å². The van der Waals surface area contributed by atoms with Crippen molar-refractivity contribution in [3.63, 3.8) is 0 Å². The Bertz CT molecular complexity index is 1070. The fraction of sp³-hybridized carbons (Fsp3) is 0.458. The lowest BCUT2D eigenvalue weighted by atomic mass is 9.80. The zero-order valence-electron chi connectivity index (χ0n) is 19.1. The predicted octanol–water partition coefficient (Wildman–Crippen LogP) is 8.21. The van der Waals surface area contributed by atoms with Crippen LogP contribution in [-0.2, 0) is 29.7 Å². The third-order valence-corrected chi connectivity index (χ3v) is 6.04. The van der Waals surface area contributed by atoms with Crippen LogP contribution in [0.2, 0.25) is 0 Å². The summed E-state index contributed by atoms with van der Waals surface area (Å²) in [7, 11) is 0. The molecule has 1 aliphatic heterocycles. The fourth-order valence-electron chi connectivity index (χ4n) is 4.44. The second-order valence-electron chi connectivity index (χ2n) is 8.45. The summed E-state index contributed by atoms with van der Waals surface area (Å²) in [4.78, 5) is 13.8. The molecule has 0 saturated heterocycles. The first-order chi connectivity index (χ1) is 16.6. The molecule has 0 N–H and O–H groups in total. The van der Waals surface area contributed by atoms with Gasteiger partial charge in [-0.25, -0.2) is 4.79 Å². The van der Waals surface area contributed by atoms with Crippen LogP contribution in [0.1, 0.15) is 60.4 Å². The van der Waals surface area contributed by atoms with E-state index >= 15 is 0 Å². The SMILES string of the molecule is CCOC(=O)N1c2ccc(C(F)(F)F)cc2C(Cc2cc(C(F)(F)F)cc(C(F)(F)F)c2)CC1CC. The molecular formula is C24H22F9NO2. The Morgan fingerprint density at radius 1 is 0.861 bits per heavy atom. The van der Waals surface area contributed by atoms with Gasteiger partial charge in [-0.05, 0) is 79.6 Å². The molecule has 0 saturated carbocycles. The van der Waals surface area contributed by atoms with Crippen LogP contribution in [-0.4, -0.2) is 18.7 Å². The van der Waals surface area contributed by atoms with Crippen LogP contribution in [0.15, 0.2) is 36.4 Å². The molecular weight excluding hydrogens is 505 g/mol. The monoisotopic (exact) mass is 527 g/mol. The zero-order valence-corrected chi connectivity index (χ0v) is 19.1. The van der Waals surface area contributed by atoms with Gasteiger partial charge in [-0.3, -0.25) is 4.90 Å². The summed E-state index contributed by atoms with van der Waals surface area (Å²) >= 11 is 0. The number of benzene rings is 2. The lowest BCUT2D eigenvalue weighted by Crippen LogP contribution is -2.45. The number of carbonyl (C=O) groups excluding carboxylic acids is 1. The number of alkyl halides is 9. The molecule has 2 unspecified atom stereocenters. The minimum absolute atomic E-state index is 0.00257. The number of carbonyl (C=O) groups is 1. The van der Waals surface area contributed by atoms with Gasteiger partial charge in [0.2, 0.25) is 0 Å². The molecule has 3 nitrogen and oxygen atoms in total. The van der Waals surface area contributed by atoms with Crippen LogP contribution in [0.4, 0.5) is 50.0 Å². The summed E-state index contributed by atoms with van der Waals surface area (Å²) in [6.45, 7) is 3.25. The van der Waals surface area contributed by atoms with Crippen molar-refractivity contribution in [2.24, 2.45) is 0 Å². The van der Waals surface area contributed by atoms with Crippen molar-refractivity contribution < 1.29 is 49.0 Å². The van der Waals surface area contributed by atoms with Gasteiger partial charge in [0.15, 0.2) is 0 Å². The van der Waals surface area contributed by atoms with Crippen molar-refractivity contribution in [3.8, 4) is 0 Å². The van der Waals surface area contributed by atoms with Gasteiger partial charge in [0.05, 0.1) is 29.0 Å². The third-order valence-electron chi connectivity index (χ3n) is 6.04. The molecule has 198 valence electrons. The Balaban J connectivity index is 2.15. The maximum atomic E-state index is 13.4. The minimum atomic E-state index is -5.06. The van der Waals surface area contributed by atoms with Gasteiger partial charge in [0.25, 0.3) is 0 Å². The van der Waals surface area contributed by atoms with Gasteiger partial charge in [-0.1, -0.05) is 6.92 Å². The van der Waals surface area contributed by atoms with Crippen LogP contribution in [0, 0.1) is 0 Å². The van der Waals surface area contributed by atoms with Gasteiger partial charge in [-0.2, -0.15) is 39.5 Å². The second-order valence-corrected chi connectivity index (χ2v) is 8.45. The van der Waals surface area contributed by atoms with Gasteiger partial charge < -0.3 is 4.74 Å². The standard InChI is InChI=1S/C24H22F9NO2/c1-3-18-10-14(7-13-8-16(23(28,29)30)11-17(9-13)24(31,32)33)19-12-15(22(25,26)27)5-6-20(19)34(18)21(35)36-4-2/h5-6,8-9,11-12,14,18H,3-4,7,10H2,1-2H3. The van der Waals surface area contributed by atoms with E-state index in [1.807, 2.05) is 0 Å². The summed E-state index contributed by atoms with van der Waals surface area (Å²) in [6.07, 6.45) is -15.7. The Kier molecular flexibility index (Phi) is 7.57. The highest BCUT2D eigenvalue weighted by Crippen LogP contribution is 2.45. The normalized spacial score (nSPS) is 18.7. The molecule has 2 aromatic carbocycles. The quantitative estimate of drug-likeness (QED) is 0.375. The van der Waals surface area contributed by atoms with Crippen LogP contribution in [0.3, 0.4) is 0 Å².